The van der Waals surface area contributed by atoms with Gasteiger partial charge in [0.25, 0.3) is 0 Å². The van der Waals surface area contributed by atoms with Crippen molar-refractivity contribution in [3.63, 3.8) is 0 Å². The zero-order valence-electron chi connectivity index (χ0n) is 14.4. The number of halogens is 1. The van der Waals surface area contributed by atoms with E-state index in [1.807, 2.05) is 30.9 Å². The van der Waals surface area contributed by atoms with Gasteiger partial charge < -0.3 is 9.80 Å². The number of amidine groups is 1. The number of nitrogens with zero attached hydrogens (tertiary/aromatic N) is 4. The van der Waals surface area contributed by atoms with Gasteiger partial charge in [0.15, 0.2) is 5.84 Å². The van der Waals surface area contributed by atoms with Crippen molar-refractivity contribution in [2.75, 3.05) is 18.0 Å². The lowest BCUT2D eigenvalue weighted by Crippen LogP contribution is -2.47. The minimum absolute atomic E-state index is 0.000736. The van der Waals surface area contributed by atoms with E-state index >= 15 is 0 Å². The predicted octanol–water partition coefficient (Wildman–Crippen LogP) is 2.93. The maximum atomic E-state index is 12.7. The lowest BCUT2D eigenvalue weighted by Gasteiger charge is -2.38. The van der Waals surface area contributed by atoms with Gasteiger partial charge in [-0.15, -0.1) is 0 Å². The summed E-state index contributed by atoms with van der Waals surface area (Å²) >= 11 is 2.43. The van der Waals surface area contributed by atoms with Crippen LogP contribution in [0.5, 0.6) is 0 Å². The molecule has 1 saturated carbocycles. The van der Waals surface area contributed by atoms with Gasteiger partial charge in [-0.25, -0.2) is 9.78 Å². The number of carbonyl (C=O) groups is 1. The maximum absolute atomic E-state index is 12.7. The highest BCUT2D eigenvalue weighted by Gasteiger charge is 2.40. The first-order chi connectivity index (χ1) is 11.9. The SMILES string of the molecule is CC(C)N(C=N)C(=N)c1cccc(N2CCN(C3CC(I)C3)C2=O)n1. The Balaban J connectivity index is 1.77. The van der Waals surface area contributed by atoms with E-state index in [4.69, 9.17) is 10.8 Å². The van der Waals surface area contributed by atoms with Gasteiger partial charge in [-0.2, -0.15) is 0 Å². The van der Waals surface area contributed by atoms with Crippen molar-refractivity contribution >= 4 is 46.6 Å². The monoisotopic (exact) mass is 454 g/mol. The minimum atomic E-state index is -0.000736. The minimum Gasteiger partial charge on any atom is -0.319 e. The van der Waals surface area contributed by atoms with Crippen LogP contribution in [0.15, 0.2) is 18.2 Å². The van der Waals surface area contributed by atoms with Gasteiger partial charge >= 0.3 is 6.03 Å². The second kappa shape index (κ2) is 7.27. The number of urea groups is 1. The van der Waals surface area contributed by atoms with Crippen molar-refractivity contribution in [3.05, 3.63) is 23.9 Å². The molecule has 2 amide bonds. The van der Waals surface area contributed by atoms with Crippen LogP contribution in [-0.2, 0) is 0 Å². The number of alkyl halides is 1. The summed E-state index contributed by atoms with van der Waals surface area (Å²) in [5, 5.41) is 15.8. The molecule has 0 bridgehead atoms. The first kappa shape index (κ1) is 18.1. The van der Waals surface area contributed by atoms with Crippen LogP contribution >= 0.6 is 22.6 Å². The van der Waals surface area contributed by atoms with Crippen LogP contribution < -0.4 is 4.90 Å². The van der Waals surface area contributed by atoms with E-state index in [1.54, 1.807) is 15.9 Å². The molecule has 0 unspecified atom stereocenters. The Hall–Kier alpha value is -1.71. The van der Waals surface area contributed by atoms with Crippen LogP contribution in [0.25, 0.3) is 0 Å². The van der Waals surface area contributed by atoms with Gasteiger partial charge in [-0.3, -0.25) is 15.7 Å². The normalized spacial score (nSPS) is 23.0. The van der Waals surface area contributed by atoms with Gasteiger partial charge in [0.2, 0.25) is 0 Å². The number of carbonyl (C=O) groups excluding carboxylic acids is 1. The van der Waals surface area contributed by atoms with Gasteiger partial charge in [0, 0.05) is 29.1 Å². The van der Waals surface area contributed by atoms with E-state index in [0.717, 1.165) is 25.7 Å². The summed E-state index contributed by atoms with van der Waals surface area (Å²) in [4.78, 5) is 22.4. The van der Waals surface area contributed by atoms with Crippen molar-refractivity contribution < 1.29 is 4.79 Å². The second-order valence-corrected chi connectivity index (χ2v) is 8.47. The highest BCUT2D eigenvalue weighted by Crippen LogP contribution is 2.34. The van der Waals surface area contributed by atoms with Crippen molar-refractivity contribution in [1.82, 2.24) is 14.8 Å². The van der Waals surface area contributed by atoms with Crippen molar-refractivity contribution in [1.29, 1.82) is 10.8 Å². The molecule has 2 heterocycles. The molecule has 0 spiro atoms. The molecule has 1 aromatic heterocycles. The third kappa shape index (κ3) is 3.49. The Labute approximate surface area is 161 Å². The molecule has 3 rings (SSSR count). The number of hydrogen-bond acceptors (Lipinski definition) is 4. The Kier molecular flexibility index (Phi) is 5.26. The molecule has 0 radical (unpaired) electrons. The molecule has 1 aromatic rings. The number of pyridine rings is 1. The lowest BCUT2D eigenvalue weighted by atomic mass is 9.92. The molecule has 1 saturated heterocycles. The summed E-state index contributed by atoms with van der Waals surface area (Å²) in [5.74, 6) is 0.746. The fourth-order valence-electron chi connectivity index (χ4n) is 3.19. The standard InChI is InChI=1S/C17H23IN6O/c1-11(2)24(10-19)16(20)14-4-3-5-15(21-14)23-7-6-22(17(23)25)13-8-12(18)9-13/h3-5,10-13,19-20H,6-9H2,1-2H3. The zero-order chi connectivity index (χ0) is 18.1. The average Bonchev–Trinajstić information content (AvgIpc) is 2.93. The number of amides is 2. The largest absolute Gasteiger partial charge is 0.326 e. The maximum Gasteiger partial charge on any atom is 0.326 e. The number of hydrogen-bond donors (Lipinski definition) is 2. The molecule has 2 N–H and O–H groups in total. The predicted molar refractivity (Wildman–Crippen MR) is 107 cm³/mol. The van der Waals surface area contributed by atoms with E-state index in [9.17, 15) is 4.79 Å². The quantitative estimate of drug-likeness (QED) is 0.311. The van der Waals surface area contributed by atoms with Crippen LogP contribution in [-0.4, -0.2) is 62.1 Å². The summed E-state index contributed by atoms with van der Waals surface area (Å²) in [5.41, 5.74) is 0.469. The molecule has 134 valence electrons. The molecule has 8 heteroatoms. The number of anilines is 1. The lowest BCUT2D eigenvalue weighted by molar-refractivity contribution is 0.170. The van der Waals surface area contributed by atoms with E-state index in [2.05, 4.69) is 27.6 Å². The first-order valence-corrected chi connectivity index (χ1v) is 9.74. The van der Waals surface area contributed by atoms with Gasteiger partial charge in [0.1, 0.15) is 11.5 Å². The molecular formula is C17H23IN6O. The Bertz CT molecular complexity index is 687. The third-order valence-corrected chi connectivity index (χ3v) is 5.76. The molecule has 2 aliphatic rings. The molecule has 1 aliphatic heterocycles. The summed E-state index contributed by atoms with van der Waals surface area (Å²) in [6.45, 7) is 5.20. The fourth-order valence-corrected chi connectivity index (χ4v) is 4.36. The third-order valence-electron chi connectivity index (χ3n) is 4.74. The van der Waals surface area contributed by atoms with E-state index in [1.165, 1.54) is 0 Å². The van der Waals surface area contributed by atoms with Crippen LogP contribution in [0.1, 0.15) is 32.4 Å². The van der Waals surface area contributed by atoms with Gasteiger partial charge in [0.05, 0.1) is 6.34 Å². The van der Waals surface area contributed by atoms with Gasteiger partial charge in [-0.05, 0) is 38.8 Å². The molecule has 25 heavy (non-hydrogen) atoms. The van der Waals surface area contributed by atoms with Crippen LogP contribution in [0.3, 0.4) is 0 Å². The van der Waals surface area contributed by atoms with E-state index in [0.29, 0.717) is 28.0 Å². The first-order valence-electron chi connectivity index (χ1n) is 8.49. The molecule has 2 fully saturated rings. The van der Waals surface area contributed by atoms with Crippen molar-refractivity contribution in [2.24, 2.45) is 0 Å². The number of rotatable bonds is 5. The van der Waals surface area contributed by atoms with E-state index in [-0.39, 0.29) is 17.9 Å². The summed E-state index contributed by atoms with van der Waals surface area (Å²) < 4.78 is 0.675. The molecular weight excluding hydrogens is 431 g/mol. The molecule has 0 atom stereocenters. The zero-order valence-corrected chi connectivity index (χ0v) is 16.6. The van der Waals surface area contributed by atoms with Gasteiger partial charge in [-0.1, -0.05) is 28.7 Å². The number of nitrogens with one attached hydrogen (secondary N) is 2. The highest BCUT2D eigenvalue weighted by atomic mass is 127. The van der Waals surface area contributed by atoms with Crippen molar-refractivity contribution in [2.45, 2.75) is 42.7 Å². The Morgan fingerprint density at radius 2 is 2.12 bits per heavy atom. The Morgan fingerprint density at radius 3 is 2.72 bits per heavy atom. The fraction of sp³-hybridized carbons (Fsp3) is 0.529. The smallest absolute Gasteiger partial charge is 0.319 e. The summed E-state index contributed by atoms with van der Waals surface area (Å²) in [6.07, 6.45) is 3.28. The molecule has 1 aliphatic carbocycles. The van der Waals surface area contributed by atoms with Crippen LogP contribution in [0.4, 0.5) is 10.6 Å². The number of aromatic nitrogens is 1. The highest BCUT2D eigenvalue weighted by molar-refractivity contribution is 14.1. The Morgan fingerprint density at radius 1 is 1.40 bits per heavy atom. The molecule has 0 aromatic carbocycles. The topological polar surface area (TPSA) is 87.4 Å². The molecule has 7 nitrogen and oxygen atoms in total. The summed E-state index contributed by atoms with van der Waals surface area (Å²) in [7, 11) is 0. The summed E-state index contributed by atoms with van der Waals surface area (Å²) in [6, 6.07) is 5.74. The van der Waals surface area contributed by atoms with E-state index < -0.39 is 0 Å². The second-order valence-electron chi connectivity index (χ2n) is 6.71. The van der Waals surface area contributed by atoms with Crippen molar-refractivity contribution in [3.8, 4) is 0 Å². The average molecular weight is 454 g/mol. The van der Waals surface area contributed by atoms with Crippen LogP contribution in [0, 0.1) is 10.8 Å². The van der Waals surface area contributed by atoms with Crippen LogP contribution in [0.2, 0.25) is 0 Å².